The third kappa shape index (κ3) is 5.44. The zero-order valence-corrected chi connectivity index (χ0v) is 22.1. The number of piperazine rings is 1. The number of sulfonamides is 1. The third-order valence-electron chi connectivity index (χ3n) is 6.58. The number of aromatic nitrogens is 3. The molecule has 3 heterocycles. The van der Waals surface area contributed by atoms with Gasteiger partial charge >= 0.3 is 5.69 Å². The SMILES string of the molecule is CCn1c(=O)n(CC)c2nc(NC(=O)CCC(=O)N3CCN(S(=O)(=O)c4ccc(C)cc4)CC3)ccc21. The molecule has 12 heteroatoms. The van der Waals surface area contributed by atoms with Crippen molar-refractivity contribution in [3.8, 4) is 0 Å². The summed E-state index contributed by atoms with van der Waals surface area (Å²) in [5, 5.41) is 2.71. The van der Waals surface area contributed by atoms with Crippen molar-refractivity contribution in [3.05, 3.63) is 52.4 Å². The second-order valence-corrected chi connectivity index (χ2v) is 10.9. The third-order valence-corrected chi connectivity index (χ3v) is 8.49. The van der Waals surface area contributed by atoms with Crippen molar-refractivity contribution in [1.82, 2.24) is 23.3 Å². The molecule has 1 aliphatic heterocycles. The van der Waals surface area contributed by atoms with Crippen LogP contribution in [0.2, 0.25) is 0 Å². The number of benzene rings is 1. The standard InChI is InChI=1S/C25H32N6O5S/c1-4-30-20-10-11-21(27-24(20)31(5-2)25(30)34)26-22(32)12-13-23(33)28-14-16-29(17-15-28)37(35,36)19-8-6-18(3)7-9-19/h6-11H,4-5,12-17H2,1-3H3,(H,26,27,32). The monoisotopic (exact) mass is 528 g/mol. The Labute approximate surface area is 215 Å². The molecule has 4 rings (SSSR count). The summed E-state index contributed by atoms with van der Waals surface area (Å²) in [6.45, 7) is 7.56. The topological polar surface area (TPSA) is 127 Å². The Bertz CT molecular complexity index is 1470. The Balaban J connectivity index is 1.31. The largest absolute Gasteiger partial charge is 0.340 e. The molecule has 11 nitrogen and oxygen atoms in total. The number of anilines is 1. The van der Waals surface area contributed by atoms with Crippen LogP contribution < -0.4 is 11.0 Å². The molecule has 1 N–H and O–H groups in total. The summed E-state index contributed by atoms with van der Waals surface area (Å²) in [5.41, 5.74) is 2.03. The van der Waals surface area contributed by atoms with Crippen molar-refractivity contribution in [1.29, 1.82) is 0 Å². The van der Waals surface area contributed by atoms with Gasteiger partial charge in [0.15, 0.2) is 5.65 Å². The van der Waals surface area contributed by atoms with Gasteiger partial charge in [0.1, 0.15) is 5.82 Å². The fraction of sp³-hybridized carbons (Fsp3) is 0.440. The molecule has 198 valence electrons. The van der Waals surface area contributed by atoms with Crippen molar-refractivity contribution in [2.45, 2.75) is 51.6 Å². The summed E-state index contributed by atoms with van der Waals surface area (Å²) in [7, 11) is -3.61. The van der Waals surface area contributed by atoms with Crippen LogP contribution in [-0.2, 0) is 32.7 Å². The normalized spacial score (nSPS) is 14.7. The maximum Gasteiger partial charge on any atom is 0.330 e. The first kappa shape index (κ1) is 26.6. The van der Waals surface area contributed by atoms with Gasteiger partial charge in [-0.05, 0) is 45.0 Å². The molecule has 1 aliphatic rings. The highest BCUT2D eigenvalue weighted by Gasteiger charge is 2.30. The minimum Gasteiger partial charge on any atom is -0.340 e. The lowest BCUT2D eigenvalue weighted by atomic mass is 10.2. The highest BCUT2D eigenvalue weighted by molar-refractivity contribution is 7.89. The second kappa shape index (κ2) is 10.9. The molecule has 1 fully saturated rings. The Morgan fingerprint density at radius 1 is 0.919 bits per heavy atom. The van der Waals surface area contributed by atoms with E-state index in [-0.39, 0.29) is 61.4 Å². The molecule has 0 unspecified atom stereocenters. The first-order valence-electron chi connectivity index (χ1n) is 12.4. The fourth-order valence-electron chi connectivity index (χ4n) is 4.47. The van der Waals surface area contributed by atoms with Gasteiger partial charge in [0.25, 0.3) is 0 Å². The lowest BCUT2D eigenvalue weighted by Gasteiger charge is -2.34. The fourth-order valence-corrected chi connectivity index (χ4v) is 5.89. The van der Waals surface area contributed by atoms with E-state index in [1.165, 1.54) is 4.31 Å². The van der Waals surface area contributed by atoms with E-state index in [2.05, 4.69) is 10.3 Å². The summed E-state index contributed by atoms with van der Waals surface area (Å²) in [5.74, 6) is -0.248. The van der Waals surface area contributed by atoms with E-state index < -0.39 is 10.0 Å². The highest BCUT2D eigenvalue weighted by atomic mass is 32.2. The first-order valence-corrected chi connectivity index (χ1v) is 13.8. The van der Waals surface area contributed by atoms with E-state index in [1.807, 2.05) is 20.8 Å². The van der Waals surface area contributed by atoms with E-state index in [0.717, 1.165) is 5.56 Å². The lowest BCUT2D eigenvalue weighted by molar-refractivity contribution is -0.133. The molecule has 0 bridgehead atoms. The molecule has 0 radical (unpaired) electrons. The van der Waals surface area contributed by atoms with Gasteiger partial charge in [0, 0.05) is 52.1 Å². The Hall–Kier alpha value is -3.51. The number of aryl methyl sites for hydroxylation is 3. The molecule has 0 aliphatic carbocycles. The van der Waals surface area contributed by atoms with Crippen LogP contribution in [0.4, 0.5) is 5.82 Å². The number of carbonyl (C=O) groups excluding carboxylic acids is 2. The molecule has 0 spiro atoms. The number of amides is 2. The average molecular weight is 529 g/mol. The van der Waals surface area contributed by atoms with Crippen LogP contribution in [0, 0.1) is 6.92 Å². The Kier molecular flexibility index (Phi) is 7.79. The molecule has 1 aromatic carbocycles. The van der Waals surface area contributed by atoms with Gasteiger partial charge in [-0.2, -0.15) is 4.31 Å². The molecule has 0 saturated carbocycles. The highest BCUT2D eigenvalue weighted by Crippen LogP contribution is 2.19. The second-order valence-electron chi connectivity index (χ2n) is 8.96. The summed E-state index contributed by atoms with van der Waals surface area (Å²) in [6.07, 6.45) is -0.0261. The van der Waals surface area contributed by atoms with Crippen LogP contribution in [0.3, 0.4) is 0 Å². The number of rotatable bonds is 8. The van der Waals surface area contributed by atoms with Crippen molar-refractivity contribution in [2.75, 3.05) is 31.5 Å². The van der Waals surface area contributed by atoms with Gasteiger partial charge in [-0.1, -0.05) is 17.7 Å². The van der Waals surface area contributed by atoms with E-state index in [4.69, 9.17) is 0 Å². The summed E-state index contributed by atoms with van der Waals surface area (Å²) in [6, 6.07) is 10.1. The number of carbonyl (C=O) groups is 2. The number of fused-ring (bicyclic) bond motifs is 1. The van der Waals surface area contributed by atoms with Crippen molar-refractivity contribution < 1.29 is 18.0 Å². The minimum absolute atomic E-state index is 0.00463. The van der Waals surface area contributed by atoms with Crippen molar-refractivity contribution in [3.63, 3.8) is 0 Å². The first-order chi connectivity index (χ1) is 17.6. The van der Waals surface area contributed by atoms with Gasteiger partial charge in [-0.3, -0.25) is 18.7 Å². The van der Waals surface area contributed by atoms with Crippen LogP contribution in [-0.4, -0.2) is 69.7 Å². The maximum atomic E-state index is 12.9. The molecule has 37 heavy (non-hydrogen) atoms. The van der Waals surface area contributed by atoms with E-state index in [9.17, 15) is 22.8 Å². The predicted octanol–water partition coefficient (Wildman–Crippen LogP) is 1.80. The minimum atomic E-state index is -3.61. The van der Waals surface area contributed by atoms with Crippen molar-refractivity contribution in [2.24, 2.45) is 0 Å². The number of pyridine rings is 1. The number of nitrogens with one attached hydrogen (secondary N) is 1. The van der Waals surface area contributed by atoms with Gasteiger partial charge in [-0.25, -0.2) is 18.2 Å². The average Bonchev–Trinajstić information content (AvgIpc) is 3.17. The van der Waals surface area contributed by atoms with Crippen LogP contribution >= 0.6 is 0 Å². The van der Waals surface area contributed by atoms with E-state index >= 15 is 0 Å². The van der Waals surface area contributed by atoms with Crippen LogP contribution in [0.25, 0.3) is 11.2 Å². The predicted molar refractivity (Wildman–Crippen MR) is 140 cm³/mol. The lowest BCUT2D eigenvalue weighted by Crippen LogP contribution is -2.50. The van der Waals surface area contributed by atoms with Crippen LogP contribution in [0.15, 0.2) is 46.1 Å². The number of hydrogen-bond donors (Lipinski definition) is 1. The van der Waals surface area contributed by atoms with Gasteiger partial charge in [0.05, 0.1) is 10.4 Å². The smallest absolute Gasteiger partial charge is 0.330 e. The zero-order valence-electron chi connectivity index (χ0n) is 21.3. The van der Waals surface area contributed by atoms with Gasteiger partial charge in [0.2, 0.25) is 21.8 Å². The molecule has 2 aromatic heterocycles. The van der Waals surface area contributed by atoms with Crippen LogP contribution in [0.5, 0.6) is 0 Å². The Morgan fingerprint density at radius 2 is 1.57 bits per heavy atom. The molecule has 2 amide bonds. The molecule has 1 saturated heterocycles. The zero-order chi connectivity index (χ0) is 26.7. The van der Waals surface area contributed by atoms with E-state index in [1.54, 1.807) is 50.4 Å². The maximum absolute atomic E-state index is 12.9. The van der Waals surface area contributed by atoms with Crippen LogP contribution in [0.1, 0.15) is 32.3 Å². The number of nitrogens with zero attached hydrogens (tertiary/aromatic N) is 5. The van der Waals surface area contributed by atoms with Gasteiger partial charge < -0.3 is 10.2 Å². The molecule has 0 atom stereocenters. The Morgan fingerprint density at radius 3 is 2.19 bits per heavy atom. The summed E-state index contributed by atoms with van der Waals surface area (Å²) < 4.78 is 30.3. The van der Waals surface area contributed by atoms with Gasteiger partial charge in [-0.15, -0.1) is 0 Å². The number of hydrogen-bond acceptors (Lipinski definition) is 6. The van der Waals surface area contributed by atoms with Crippen molar-refractivity contribution >= 4 is 38.8 Å². The molecular formula is C25H32N6O5S. The summed E-state index contributed by atoms with van der Waals surface area (Å²) in [4.78, 5) is 43.9. The summed E-state index contributed by atoms with van der Waals surface area (Å²) >= 11 is 0. The van der Waals surface area contributed by atoms with E-state index in [0.29, 0.717) is 30.1 Å². The molecular weight excluding hydrogens is 496 g/mol. The molecule has 3 aromatic rings. The quantitative estimate of drug-likeness (QED) is 0.475. The number of imidazole rings is 1.